The molecule has 0 spiro atoms. The second kappa shape index (κ2) is 11.4. The number of amides is 2. The van der Waals surface area contributed by atoms with Gasteiger partial charge in [-0.3, -0.25) is 19.7 Å². The van der Waals surface area contributed by atoms with Gasteiger partial charge in [0.25, 0.3) is 11.6 Å². The first-order valence-electron chi connectivity index (χ1n) is 10.8. The SMILES string of the molecule is CCOC(=O)c1ccc(Oc2ccc(NC(C)=O)cc2NC(=O)c2cccc([N+](=O)[O-])c2)cc1C(=O)O. The number of nitro groups is 1. The molecule has 3 aromatic carbocycles. The molecule has 0 bridgehead atoms. The number of nitro benzene ring substituents is 1. The minimum absolute atomic E-state index is 0.00275. The summed E-state index contributed by atoms with van der Waals surface area (Å²) in [6.07, 6.45) is 0. The van der Waals surface area contributed by atoms with E-state index >= 15 is 0 Å². The molecule has 12 nitrogen and oxygen atoms in total. The molecule has 0 aromatic heterocycles. The highest BCUT2D eigenvalue weighted by atomic mass is 16.6. The Labute approximate surface area is 210 Å². The third kappa shape index (κ3) is 6.66. The molecule has 0 aliphatic heterocycles. The first-order chi connectivity index (χ1) is 17.6. The quantitative estimate of drug-likeness (QED) is 0.214. The maximum atomic E-state index is 12.8. The maximum Gasteiger partial charge on any atom is 0.339 e. The molecule has 2 amide bonds. The number of non-ortho nitro benzene ring substituents is 1. The Morgan fingerprint density at radius 2 is 1.73 bits per heavy atom. The first kappa shape index (κ1) is 26.3. The number of anilines is 2. The van der Waals surface area contributed by atoms with Crippen LogP contribution in [0.4, 0.5) is 17.1 Å². The van der Waals surface area contributed by atoms with Crippen molar-refractivity contribution in [2.45, 2.75) is 13.8 Å². The van der Waals surface area contributed by atoms with Gasteiger partial charge in [-0.15, -0.1) is 0 Å². The first-order valence-corrected chi connectivity index (χ1v) is 10.8. The number of esters is 1. The van der Waals surface area contributed by atoms with E-state index in [2.05, 4.69) is 10.6 Å². The number of aromatic carboxylic acids is 1. The largest absolute Gasteiger partial charge is 0.478 e. The number of carboxylic acids is 1. The van der Waals surface area contributed by atoms with Crippen molar-refractivity contribution in [1.29, 1.82) is 0 Å². The standard InChI is InChI=1S/C25H21N3O9/c1-3-36-25(33)19-9-8-18(13-20(19)24(31)32)37-22-10-7-16(26-14(2)29)12-21(22)27-23(30)15-5-4-6-17(11-15)28(34)35/h4-13H,3H2,1-2H3,(H,26,29)(H,27,30)(H,31,32). The zero-order valence-corrected chi connectivity index (χ0v) is 19.6. The summed E-state index contributed by atoms with van der Waals surface area (Å²) < 4.78 is 10.7. The summed E-state index contributed by atoms with van der Waals surface area (Å²) in [5.74, 6) is -3.16. The molecule has 0 heterocycles. The highest BCUT2D eigenvalue weighted by Gasteiger charge is 2.20. The molecule has 0 radical (unpaired) electrons. The lowest BCUT2D eigenvalue weighted by atomic mass is 10.1. The smallest absolute Gasteiger partial charge is 0.339 e. The van der Waals surface area contributed by atoms with Gasteiger partial charge < -0.3 is 25.2 Å². The van der Waals surface area contributed by atoms with Crippen LogP contribution in [0.2, 0.25) is 0 Å². The minimum Gasteiger partial charge on any atom is -0.478 e. The molecule has 0 fully saturated rings. The highest BCUT2D eigenvalue weighted by Crippen LogP contribution is 2.34. The molecule has 3 aromatic rings. The normalized spacial score (nSPS) is 10.2. The monoisotopic (exact) mass is 507 g/mol. The van der Waals surface area contributed by atoms with Crippen LogP contribution in [0.1, 0.15) is 44.9 Å². The number of carboxylic acid groups (broad SMARTS) is 1. The third-order valence-corrected chi connectivity index (χ3v) is 4.81. The highest BCUT2D eigenvalue weighted by molar-refractivity contribution is 6.06. The minimum atomic E-state index is -1.38. The average Bonchev–Trinajstić information content (AvgIpc) is 2.85. The van der Waals surface area contributed by atoms with Crippen molar-refractivity contribution in [3.8, 4) is 11.5 Å². The molecule has 0 aliphatic carbocycles. The summed E-state index contributed by atoms with van der Waals surface area (Å²) in [5.41, 5.74) is -0.405. The van der Waals surface area contributed by atoms with Gasteiger partial charge in [-0.25, -0.2) is 9.59 Å². The van der Waals surface area contributed by atoms with Gasteiger partial charge in [0.05, 0.1) is 28.3 Å². The number of nitrogens with zero attached hydrogens (tertiary/aromatic N) is 1. The third-order valence-electron chi connectivity index (χ3n) is 4.81. The summed E-state index contributed by atoms with van der Waals surface area (Å²) in [4.78, 5) is 58.6. The van der Waals surface area contributed by atoms with Crippen molar-refractivity contribution < 1.29 is 38.7 Å². The molecule has 37 heavy (non-hydrogen) atoms. The van der Waals surface area contributed by atoms with Gasteiger partial charge in [0.15, 0.2) is 5.75 Å². The van der Waals surface area contributed by atoms with E-state index in [0.717, 1.165) is 12.1 Å². The summed E-state index contributed by atoms with van der Waals surface area (Å²) in [6, 6.07) is 13.1. The molecule has 190 valence electrons. The van der Waals surface area contributed by atoms with Crippen LogP contribution in [0.3, 0.4) is 0 Å². The lowest BCUT2D eigenvalue weighted by Crippen LogP contribution is -2.14. The Kier molecular flexibility index (Phi) is 8.15. The zero-order valence-electron chi connectivity index (χ0n) is 19.6. The van der Waals surface area contributed by atoms with Crippen molar-refractivity contribution >= 4 is 40.8 Å². The molecule has 0 atom stereocenters. The summed E-state index contributed by atoms with van der Waals surface area (Å²) in [5, 5.41) is 25.8. The van der Waals surface area contributed by atoms with Crippen LogP contribution >= 0.6 is 0 Å². The number of benzene rings is 3. The van der Waals surface area contributed by atoms with Crippen LogP contribution in [0.25, 0.3) is 0 Å². The second-order valence-corrected chi connectivity index (χ2v) is 7.49. The number of nitrogens with one attached hydrogen (secondary N) is 2. The number of carbonyl (C=O) groups is 4. The maximum absolute atomic E-state index is 12.8. The summed E-state index contributed by atoms with van der Waals surface area (Å²) in [7, 11) is 0. The Morgan fingerprint density at radius 1 is 0.973 bits per heavy atom. The van der Waals surface area contributed by atoms with Crippen LogP contribution < -0.4 is 15.4 Å². The van der Waals surface area contributed by atoms with Gasteiger partial charge in [-0.1, -0.05) is 6.07 Å². The van der Waals surface area contributed by atoms with E-state index in [-0.39, 0.29) is 52.1 Å². The van der Waals surface area contributed by atoms with Gasteiger partial charge in [-0.2, -0.15) is 0 Å². The Hall–Kier alpha value is -5.26. The number of hydrogen-bond donors (Lipinski definition) is 3. The van der Waals surface area contributed by atoms with Crippen LogP contribution in [0, 0.1) is 10.1 Å². The van der Waals surface area contributed by atoms with Crippen molar-refractivity contribution in [3.63, 3.8) is 0 Å². The Bertz CT molecular complexity index is 1400. The fraction of sp³-hybridized carbons (Fsp3) is 0.120. The van der Waals surface area contributed by atoms with Crippen molar-refractivity contribution in [1.82, 2.24) is 0 Å². The number of ether oxygens (including phenoxy) is 2. The number of hydrogen-bond acceptors (Lipinski definition) is 8. The van der Waals surface area contributed by atoms with Crippen LogP contribution in [-0.4, -0.2) is 40.4 Å². The predicted molar refractivity (Wildman–Crippen MR) is 131 cm³/mol. The van der Waals surface area contributed by atoms with Crippen LogP contribution in [-0.2, 0) is 9.53 Å². The van der Waals surface area contributed by atoms with Crippen molar-refractivity contribution in [2.24, 2.45) is 0 Å². The van der Waals surface area contributed by atoms with Gasteiger partial charge in [0.1, 0.15) is 5.75 Å². The molecule has 12 heteroatoms. The fourth-order valence-electron chi connectivity index (χ4n) is 3.23. The Balaban J connectivity index is 1.98. The van der Waals surface area contributed by atoms with E-state index < -0.39 is 22.8 Å². The molecule has 3 N–H and O–H groups in total. The summed E-state index contributed by atoms with van der Waals surface area (Å²) >= 11 is 0. The average molecular weight is 507 g/mol. The number of rotatable bonds is 9. The molecule has 0 unspecified atom stereocenters. The van der Waals surface area contributed by atoms with Crippen LogP contribution in [0.5, 0.6) is 11.5 Å². The Morgan fingerprint density at radius 3 is 2.38 bits per heavy atom. The molecule has 0 saturated heterocycles. The molecule has 0 aliphatic rings. The van der Waals surface area contributed by atoms with Crippen molar-refractivity contribution in [3.05, 3.63) is 87.5 Å². The van der Waals surface area contributed by atoms with Crippen LogP contribution in [0.15, 0.2) is 60.7 Å². The molecule has 3 rings (SSSR count). The molecule has 0 saturated carbocycles. The van der Waals surface area contributed by atoms with Gasteiger partial charge in [0, 0.05) is 30.3 Å². The van der Waals surface area contributed by atoms with E-state index in [1.54, 1.807) is 6.92 Å². The lowest BCUT2D eigenvalue weighted by Gasteiger charge is -2.15. The summed E-state index contributed by atoms with van der Waals surface area (Å²) in [6.45, 7) is 2.94. The van der Waals surface area contributed by atoms with E-state index in [9.17, 15) is 34.4 Å². The van der Waals surface area contributed by atoms with Gasteiger partial charge >= 0.3 is 11.9 Å². The lowest BCUT2D eigenvalue weighted by molar-refractivity contribution is -0.384. The molecular formula is C25H21N3O9. The van der Waals surface area contributed by atoms with E-state index in [1.807, 2.05) is 0 Å². The predicted octanol–water partition coefficient (Wildman–Crippen LogP) is 4.47. The fourth-order valence-corrected chi connectivity index (χ4v) is 3.23. The number of carbonyl (C=O) groups excluding carboxylic acids is 3. The van der Waals surface area contributed by atoms with E-state index in [1.165, 1.54) is 55.5 Å². The van der Waals surface area contributed by atoms with Gasteiger partial charge in [0.2, 0.25) is 5.91 Å². The molecular weight excluding hydrogens is 486 g/mol. The van der Waals surface area contributed by atoms with Gasteiger partial charge in [-0.05, 0) is 49.4 Å². The van der Waals surface area contributed by atoms with E-state index in [0.29, 0.717) is 5.69 Å². The zero-order chi connectivity index (χ0) is 27.1. The second-order valence-electron chi connectivity index (χ2n) is 7.49. The topological polar surface area (TPSA) is 174 Å². The van der Waals surface area contributed by atoms with E-state index in [4.69, 9.17) is 9.47 Å². The van der Waals surface area contributed by atoms with Crippen molar-refractivity contribution in [2.75, 3.05) is 17.2 Å².